The van der Waals surface area contributed by atoms with Crippen LogP contribution in [0.3, 0.4) is 0 Å². The Hall–Kier alpha value is -2.65. The number of ether oxygens (including phenoxy) is 1. The second-order valence-electron chi connectivity index (χ2n) is 7.45. The van der Waals surface area contributed by atoms with Gasteiger partial charge in [-0.2, -0.15) is 5.10 Å². The fourth-order valence-electron chi connectivity index (χ4n) is 3.83. The fraction of sp³-hybridized carbons (Fsp3) is 0.550. The molecule has 1 fully saturated rings. The third-order valence-electron chi connectivity index (χ3n) is 5.28. The minimum atomic E-state index is -0.174. The van der Waals surface area contributed by atoms with Crippen LogP contribution in [0.5, 0.6) is 0 Å². The first-order valence-corrected chi connectivity index (χ1v) is 10.1. The third kappa shape index (κ3) is 4.20. The highest BCUT2D eigenvalue weighted by molar-refractivity contribution is 5.83. The maximum atomic E-state index is 12.8. The van der Waals surface area contributed by atoms with Crippen LogP contribution in [-0.4, -0.2) is 64.4 Å². The van der Waals surface area contributed by atoms with Crippen molar-refractivity contribution in [1.82, 2.24) is 24.4 Å². The number of rotatable bonds is 7. The zero-order valence-corrected chi connectivity index (χ0v) is 16.9. The predicted molar refractivity (Wildman–Crippen MR) is 108 cm³/mol. The molecule has 1 aliphatic heterocycles. The predicted octanol–water partition coefficient (Wildman–Crippen LogP) is 1.09. The summed E-state index contributed by atoms with van der Waals surface area (Å²) < 4.78 is 14.2. The van der Waals surface area contributed by atoms with Crippen LogP contribution in [0.4, 0.5) is 0 Å². The van der Waals surface area contributed by atoms with Crippen molar-refractivity contribution in [3.63, 3.8) is 0 Å². The van der Waals surface area contributed by atoms with Crippen molar-refractivity contribution in [2.75, 3.05) is 39.4 Å². The Bertz CT molecular complexity index is 1070. The van der Waals surface area contributed by atoms with E-state index in [0.29, 0.717) is 42.9 Å². The summed E-state index contributed by atoms with van der Waals surface area (Å²) >= 11 is 0. The van der Waals surface area contributed by atoms with Crippen molar-refractivity contribution in [3.05, 3.63) is 34.1 Å². The summed E-state index contributed by atoms with van der Waals surface area (Å²) in [6.45, 7) is 8.94. The summed E-state index contributed by atoms with van der Waals surface area (Å²) in [5, 5.41) is 7.37. The van der Waals surface area contributed by atoms with Gasteiger partial charge in [0.15, 0.2) is 5.58 Å². The van der Waals surface area contributed by atoms with Crippen molar-refractivity contribution in [2.24, 2.45) is 0 Å². The first-order chi connectivity index (χ1) is 14.0. The van der Waals surface area contributed by atoms with Crippen LogP contribution in [0, 0.1) is 13.8 Å². The van der Waals surface area contributed by atoms with E-state index in [1.165, 1.54) is 4.68 Å². The Morgan fingerprint density at radius 3 is 2.76 bits per heavy atom. The van der Waals surface area contributed by atoms with Crippen molar-refractivity contribution in [2.45, 2.75) is 33.2 Å². The molecule has 0 aliphatic carbocycles. The molecule has 1 aliphatic rings. The Balaban J connectivity index is 1.33. The van der Waals surface area contributed by atoms with Gasteiger partial charge in [-0.25, -0.2) is 4.68 Å². The quantitative estimate of drug-likeness (QED) is 0.637. The SMILES string of the molecule is Cc1cc2c(cc3c(=O)n(CCCC(=O)NCCN4CCOCC4)nc(C)n32)o1. The van der Waals surface area contributed by atoms with Crippen LogP contribution in [0.1, 0.15) is 24.4 Å². The van der Waals surface area contributed by atoms with E-state index >= 15 is 0 Å². The standard InChI is InChI=1S/C20H27N5O4/c1-14-12-16-18(29-14)13-17-20(27)24(22-15(2)25(16)17)6-3-4-19(26)21-5-7-23-8-10-28-11-9-23/h12-13H,3-11H2,1-2H3,(H,21,26). The Kier molecular flexibility index (Phi) is 5.68. The molecular formula is C20H27N5O4. The lowest BCUT2D eigenvalue weighted by atomic mass is 10.3. The molecule has 4 rings (SSSR count). The highest BCUT2D eigenvalue weighted by Crippen LogP contribution is 2.22. The molecule has 0 bridgehead atoms. The summed E-state index contributed by atoms with van der Waals surface area (Å²) in [7, 11) is 0. The van der Waals surface area contributed by atoms with Crippen LogP contribution in [-0.2, 0) is 16.1 Å². The monoisotopic (exact) mass is 401 g/mol. The van der Waals surface area contributed by atoms with Crippen LogP contribution in [0.15, 0.2) is 21.3 Å². The zero-order chi connectivity index (χ0) is 20.4. The van der Waals surface area contributed by atoms with Crippen LogP contribution >= 0.6 is 0 Å². The van der Waals surface area contributed by atoms with E-state index in [1.54, 1.807) is 6.07 Å². The van der Waals surface area contributed by atoms with Crippen molar-refractivity contribution in [1.29, 1.82) is 0 Å². The van der Waals surface area contributed by atoms with E-state index in [9.17, 15) is 9.59 Å². The third-order valence-corrected chi connectivity index (χ3v) is 5.28. The average Bonchev–Trinajstić information content (AvgIpc) is 3.22. The summed E-state index contributed by atoms with van der Waals surface area (Å²) in [6.07, 6.45) is 0.922. The van der Waals surface area contributed by atoms with E-state index in [2.05, 4.69) is 15.3 Å². The number of carbonyl (C=O) groups is 1. The van der Waals surface area contributed by atoms with Gasteiger partial charge in [-0.05, 0) is 20.3 Å². The molecule has 29 heavy (non-hydrogen) atoms. The van der Waals surface area contributed by atoms with E-state index < -0.39 is 0 Å². The fourth-order valence-corrected chi connectivity index (χ4v) is 3.83. The van der Waals surface area contributed by atoms with Gasteiger partial charge in [-0.3, -0.25) is 18.9 Å². The van der Waals surface area contributed by atoms with E-state index in [0.717, 1.165) is 44.1 Å². The minimum Gasteiger partial charge on any atom is -0.460 e. The lowest BCUT2D eigenvalue weighted by molar-refractivity contribution is -0.121. The van der Waals surface area contributed by atoms with Gasteiger partial charge in [0.05, 0.1) is 18.7 Å². The average molecular weight is 401 g/mol. The second kappa shape index (κ2) is 8.38. The number of fused-ring (bicyclic) bond motifs is 3. The highest BCUT2D eigenvalue weighted by atomic mass is 16.5. The van der Waals surface area contributed by atoms with Gasteiger partial charge in [0.25, 0.3) is 5.56 Å². The number of morpholine rings is 1. The minimum absolute atomic E-state index is 0.000201. The number of aryl methyl sites for hydroxylation is 3. The molecule has 0 atom stereocenters. The molecule has 1 saturated heterocycles. The topological polar surface area (TPSA) is 94.0 Å². The van der Waals surface area contributed by atoms with Crippen LogP contribution in [0.2, 0.25) is 0 Å². The van der Waals surface area contributed by atoms with Gasteiger partial charge in [0.1, 0.15) is 17.1 Å². The Morgan fingerprint density at radius 1 is 1.17 bits per heavy atom. The molecule has 9 nitrogen and oxygen atoms in total. The molecule has 1 N–H and O–H groups in total. The highest BCUT2D eigenvalue weighted by Gasteiger charge is 2.15. The van der Waals surface area contributed by atoms with Crippen LogP contribution < -0.4 is 10.9 Å². The molecule has 0 saturated carbocycles. The Labute approximate surface area is 168 Å². The first kappa shape index (κ1) is 19.7. The number of amides is 1. The number of furan rings is 1. The number of aromatic nitrogens is 3. The summed E-state index contributed by atoms with van der Waals surface area (Å²) in [4.78, 5) is 27.1. The molecule has 0 spiro atoms. The van der Waals surface area contributed by atoms with Gasteiger partial charge < -0.3 is 14.5 Å². The zero-order valence-electron chi connectivity index (χ0n) is 16.9. The molecule has 1 amide bonds. The number of hydrogen-bond donors (Lipinski definition) is 1. The number of nitrogens with zero attached hydrogens (tertiary/aromatic N) is 4. The molecule has 0 unspecified atom stereocenters. The van der Waals surface area contributed by atoms with E-state index in [1.807, 2.05) is 24.3 Å². The lowest BCUT2D eigenvalue weighted by Gasteiger charge is -2.26. The van der Waals surface area contributed by atoms with Gasteiger partial charge in [0.2, 0.25) is 5.91 Å². The molecule has 0 aromatic carbocycles. The van der Waals surface area contributed by atoms with Crippen molar-refractivity contribution in [3.8, 4) is 0 Å². The van der Waals surface area contributed by atoms with Crippen LogP contribution in [0.25, 0.3) is 16.6 Å². The lowest BCUT2D eigenvalue weighted by Crippen LogP contribution is -2.41. The largest absolute Gasteiger partial charge is 0.460 e. The van der Waals surface area contributed by atoms with E-state index in [-0.39, 0.29) is 11.5 Å². The molecule has 4 heterocycles. The normalized spacial score (nSPS) is 15.4. The molecular weight excluding hydrogens is 374 g/mol. The number of nitrogens with one attached hydrogen (secondary N) is 1. The van der Waals surface area contributed by atoms with Gasteiger partial charge >= 0.3 is 0 Å². The number of carbonyl (C=O) groups excluding carboxylic acids is 1. The van der Waals surface area contributed by atoms with Gasteiger partial charge in [0, 0.05) is 51.3 Å². The second-order valence-corrected chi connectivity index (χ2v) is 7.45. The van der Waals surface area contributed by atoms with Gasteiger partial charge in [-0.15, -0.1) is 0 Å². The van der Waals surface area contributed by atoms with Gasteiger partial charge in [-0.1, -0.05) is 0 Å². The summed E-state index contributed by atoms with van der Waals surface area (Å²) in [5.74, 6) is 1.51. The smallest absolute Gasteiger partial charge is 0.291 e. The summed E-state index contributed by atoms with van der Waals surface area (Å²) in [5.41, 5.74) is 1.90. The first-order valence-electron chi connectivity index (χ1n) is 10.1. The maximum Gasteiger partial charge on any atom is 0.291 e. The Morgan fingerprint density at radius 2 is 1.97 bits per heavy atom. The number of hydrogen-bond acceptors (Lipinski definition) is 6. The molecule has 3 aromatic heterocycles. The molecule has 3 aromatic rings. The summed E-state index contributed by atoms with van der Waals surface area (Å²) in [6, 6.07) is 3.66. The molecule has 0 radical (unpaired) electrons. The van der Waals surface area contributed by atoms with Crippen molar-refractivity contribution < 1.29 is 13.9 Å². The molecule has 9 heteroatoms. The van der Waals surface area contributed by atoms with Crippen molar-refractivity contribution >= 4 is 22.5 Å². The maximum absolute atomic E-state index is 12.8. The molecule has 156 valence electrons. The van der Waals surface area contributed by atoms with E-state index in [4.69, 9.17) is 9.15 Å².